The van der Waals surface area contributed by atoms with Gasteiger partial charge in [0.25, 0.3) is 0 Å². The summed E-state index contributed by atoms with van der Waals surface area (Å²) < 4.78 is 0. The highest BCUT2D eigenvalue weighted by Crippen LogP contribution is 2.20. The number of likely N-dealkylation sites (N-methyl/N-ethyl adjacent to an activating group) is 1. The molecule has 0 saturated carbocycles. The smallest absolute Gasteiger partial charge is 0.245 e. The van der Waals surface area contributed by atoms with E-state index in [4.69, 9.17) is 5.73 Å². The molecule has 2 aliphatic heterocycles. The van der Waals surface area contributed by atoms with Crippen LogP contribution in [0.1, 0.15) is 19.3 Å². The standard InChI is InChI=1S/C10H17N3O2/c1-12-6-4-8(10(12)15)13-5-2-3-7(11)9(13)14/h7-8H,2-6,11H2,1H3. The van der Waals surface area contributed by atoms with Gasteiger partial charge in [0, 0.05) is 20.1 Å². The Bertz CT molecular complexity index is 292. The second kappa shape index (κ2) is 3.81. The number of likely N-dealkylation sites (tertiary alicyclic amines) is 2. The lowest BCUT2D eigenvalue weighted by Gasteiger charge is -2.34. The van der Waals surface area contributed by atoms with Crippen LogP contribution in [0.2, 0.25) is 0 Å². The summed E-state index contributed by atoms with van der Waals surface area (Å²) in [6.07, 6.45) is 2.39. The third-order valence-corrected chi connectivity index (χ3v) is 3.29. The number of carbonyl (C=O) groups is 2. The molecule has 2 saturated heterocycles. The van der Waals surface area contributed by atoms with Crippen molar-refractivity contribution in [3.8, 4) is 0 Å². The van der Waals surface area contributed by atoms with Gasteiger partial charge in [0.15, 0.2) is 0 Å². The van der Waals surface area contributed by atoms with E-state index in [1.54, 1.807) is 16.8 Å². The van der Waals surface area contributed by atoms with Crippen molar-refractivity contribution >= 4 is 11.8 Å². The van der Waals surface area contributed by atoms with Crippen molar-refractivity contribution < 1.29 is 9.59 Å². The van der Waals surface area contributed by atoms with E-state index in [1.165, 1.54) is 0 Å². The molecule has 0 bridgehead atoms. The first-order chi connectivity index (χ1) is 7.11. The number of amides is 2. The highest BCUT2D eigenvalue weighted by molar-refractivity contribution is 5.91. The number of hydrogen-bond donors (Lipinski definition) is 1. The van der Waals surface area contributed by atoms with Crippen LogP contribution in [-0.4, -0.2) is 53.8 Å². The van der Waals surface area contributed by atoms with Crippen molar-refractivity contribution in [2.45, 2.75) is 31.3 Å². The zero-order valence-electron chi connectivity index (χ0n) is 8.98. The van der Waals surface area contributed by atoms with Crippen LogP contribution in [0.4, 0.5) is 0 Å². The molecule has 0 aromatic rings. The third kappa shape index (κ3) is 1.71. The van der Waals surface area contributed by atoms with Crippen LogP contribution in [0.25, 0.3) is 0 Å². The van der Waals surface area contributed by atoms with Crippen LogP contribution in [0.15, 0.2) is 0 Å². The average molecular weight is 211 g/mol. The molecule has 0 spiro atoms. The number of nitrogens with zero attached hydrogens (tertiary/aromatic N) is 2. The monoisotopic (exact) mass is 211 g/mol. The van der Waals surface area contributed by atoms with Gasteiger partial charge in [0.1, 0.15) is 6.04 Å². The fourth-order valence-electron chi connectivity index (χ4n) is 2.33. The fourth-order valence-corrected chi connectivity index (χ4v) is 2.33. The summed E-state index contributed by atoms with van der Waals surface area (Å²) in [6.45, 7) is 1.42. The van der Waals surface area contributed by atoms with Crippen LogP contribution in [0.5, 0.6) is 0 Å². The second-order valence-electron chi connectivity index (χ2n) is 4.34. The Kier molecular flexibility index (Phi) is 2.65. The zero-order chi connectivity index (χ0) is 11.0. The Labute approximate surface area is 89.2 Å². The van der Waals surface area contributed by atoms with E-state index >= 15 is 0 Å². The molecule has 84 valence electrons. The van der Waals surface area contributed by atoms with Crippen LogP contribution in [0, 0.1) is 0 Å². The molecule has 0 aromatic heterocycles. The lowest BCUT2D eigenvalue weighted by molar-refractivity contribution is -0.144. The van der Waals surface area contributed by atoms with Gasteiger partial charge in [-0.1, -0.05) is 0 Å². The highest BCUT2D eigenvalue weighted by atomic mass is 16.2. The molecule has 0 aromatic carbocycles. The first-order valence-electron chi connectivity index (χ1n) is 5.42. The molecule has 2 unspecified atom stereocenters. The van der Waals surface area contributed by atoms with E-state index in [2.05, 4.69) is 0 Å². The zero-order valence-corrected chi connectivity index (χ0v) is 8.98. The Morgan fingerprint density at radius 2 is 1.93 bits per heavy atom. The van der Waals surface area contributed by atoms with Crippen molar-refractivity contribution in [1.82, 2.24) is 9.80 Å². The van der Waals surface area contributed by atoms with Gasteiger partial charge in [0.05, 0.1) is 6.04 Å². The summed E-state index contributed by atoms with van der Waals surface area (Å²) in [5.41, 5.74) is 5.70. The molecule has 0 aliphatic carbocycles. The molecular formula is C10H17N3O2. The molecule has 0 radical (unpaired) electrons. The van der Waals surface area contributed by atoms with Gasteiger partial charge in [-0.2, -0.15) is 0 Å². The van der Waals surface area contributed by atoms with Gasteiger partial charge in [0.2, 0.25) is 11.8 Å². The largest absolute Gasteiger partial charge is 0.344 e. The van der Waals surface area contributed by atoms with Gasteiger partial charge in [-0.3, -0.25) is 9.59 Å². The van der Waals surface area contributed by atoms with E-state index in [0.717, 1.165) is 25.8 Å². The SMILES string of the molecule is CN1CCC(N2CCCC(N)C2=O)C1=O. The predicted molar refractivity (Wildman–Crippen MR) is 55.0 cm³/mol. The summed E-state index contributed by atoms with van der Waals surface area (Å²) in [6, 6.07) is -0.661. The summed E-state index contributed by atoms with van der Waals surface area (Å²) >= 11 is 0. The van der Waals surface area contributed by atoms with E-state index in [1.807, 2.05) is 0 Å². The minimum atomic E-state index is -0.405. The van der Waals surface area contributed by atoms with Crippen molar-refractivity contribution in [2.24, 2.45) is 5.73 Å². The Balaban J connectivity index is 2.10. The molecular weight excluding hydrogens is 194 g/mol. The maximum Gasteiger partial charge on any atom is 0.245 e. The van der Waals surface area contributed by atoms with Gasteiger partial charge in [-0.25, -0.2) is 0 Å². The van der Waals surface area contributed by atoms with Crippen molar-refractivity contribution in [2.75, 3.05) is 20.1 Å². The quantitative estimate of drug-likeness (QED) is 0.615. The Morgan fingerprint density at radius 1 is 1.20 bits per heavy atom. The van der Waals surface area contributed by atoms with Crippen molar-refractivity contribution in [3.63, 3.8) is 0 Å². The Morgan fingerprint density at radius 3 is 2.53 bits per heavy atom. The van der Waals surface area contributed by atoms with Crippen LogP contribution in [0.3, 0.4) is 0 Å². The number of hydrogen-bond acceptors (Lipinski definition) is 3. The molecule has 2 heterocycles. The molecule has 2 amide bonds. The lowest BCUT2D eigenvalue weighted by atomic mass is 10.0. The first kappa shape index (κ1) is 10.4. The molecule has 2 fully saturated rings. The van der Waals surface area contributed by atoms with Crippen LogP contribution >= 0.6 is 0 Å². The molecule has 2 N–H and O–H groups in total. The van der Waals surface area contributed by atoms with E-state index < -0.39 is 6.04 Å². The van der Waals surface area contributed by atoms with Gasteiger partial charge in [-0.05, 0) is 19.3 Å². The summed E-state index contributed by atoms with van der Waals surface area (Å²) in [5, 5.41) is 0. The number of piperidine rings is 1. The minimum absolute atomic E-state index is 0.0532. The van der Waals surface area contributed by atoms with Crippen molar-refractivity contribution in [3.05, 3.63) is 0 Å². The maximum atomic E-state index is 11.8. The van der Waals surface area contributed by atoms with E-state index in [9.17, 15) is 9.59 Å². The fraction of sp³-hybridized carbons (Fsp3) is 0.800. The minimum Gasteiger partial charge on any atom is -0.344 e. The number of carbonyl (C=O) groups excluding carboxylic acids is 2. The summed E-state index contributed by atoms with van der Waals surface area (Å²) in [4.78, 5) is 26.9. The molecule has 5 heteroatoms. The molecule has 15 heavy (non-hydrogen) atoms. The van der Waals surface area contributed by atoms with Crippen molar-refractivity contribution in [1.29, 1.82) is 0 Å². The molecule has 2 atom stereocenters. The average Bonchev–Trinajstić information content (AvgIpc) is 2.53. The third-order valence-electron chi connectivity index (χ3n) is 3.29. The topological polar surface area (TPSA) is 66.6 Å². The highest BCUT2D eigenvalue weighted by Gasteiger charge is 2.39. The number of rotatable bonds is 1. The Hall–Kier alpha value is -1.10. The maximum absolute atomic E-state index is 11.8. The predicted octanol–water partition coefficient (Wildman–Crippen LogP) is -0.833. The lowest BCUT2D eigenvalue weighted by Crippen LogP contribution is -2.54. The molecule has 5 nitrogen and oxygen atoms in total. The normalized spacial score (nSPS) is 32.7. The number of nitrogens with two attached hydrogens (primary N) is 1. The van der Waals surface area contributed by atoms with E-state index in [0.29, 0.717) is 6.54 Å². The summed E-state index contributed by atoms with van der Waals surface area (Å²) in [5.74, 6) is -0.00708. The first-order valence-corrected chi connectivity index (χ1v) is 5.42. The summed E-state index contributed by atoms with van der Waals surface area (Å²) in [7, 11) is 1.77. The van der Waals surface area contributed by atoms with Gasteiger partial charge < -0.3 is 15.5 Å². The molecule has 2 aliphatic rings. The molecule has 2 rings (SSSR count). The van der Waals surface area contributed by atoms with Gasteiger partial charge >= 0.3 is 0 Å². The van der Waals surface area contributed by atoms with E-state index in [-0.39, 0.29) is 17.9 Å². The van der Waals surface area contributed by atoms with Crippen LogP contribution < -0.4 is 5.73 Å². The van der Waals surface area contributed by atoms with Crippen LogP contribution in [-0.2, 0) is 9.59 Å². The second-order valence-corrected chi connectivity index (χ2v) is 4.34. The van der Waals surface area contributed by atoms with Gasteiger partial charge in [-0.15, -0.1) is 0 Å².